The smallest absolute Gasteiger partial charge is 0.416 e. The summed E-state index contributed by atoms with van der Waals surface area (Å²) in [7, 11) is 3.21. The van der Waals surface area contributed by atoms with Gasteiger partial charge in [-0.2, -0.15) is 18.3 Å². The summed E-state index contributed by atoms with van der Waals surface area (Å²) in [4.78, 5) is 27.4. The maximum absolute atomic E-state index is 14.4. The second-order valence-electron chi connectivity index (χ2n) is 13.3. The number of phenolic OH excluding ortho intramolecular Hbond substituents is 1. The fraction of sp³-hybridized carbons (Fsp3) is 0.341. The molecule has 3 heterocycles. The first-order chi connectivity index (χ1) is 30.5. The molecule has 0 aliphatic rings. The number of phenols is 1. The minimum absolute atomic E-state index is 0.00350. The molecule has 0 amide bonds. The molecule has 332 valence electrons. The number of hydrogen-bond donors (Lipinski definition) is 2. The molecule has 0 radical (unpaired) electrons. The number of nitrogens with two attached hydrogens (primary N) is 1. The molecule has 3 N–H and O–H groups in total. The normalized spacial score (nSPS) is 11.3. The molecule has 0 aliphatic heterocycles. The van der Waals surface area contributed by atoms with E-state index in [-0.39, 0.29) is 75.9 Å². The van der Waals surface area contributed by atoms with E-state index in [1.165, 1.54) is 35.3 Å². The predicted molar refractivity (Wildman–Crippen MR) is 225 cm³/mol. The number of nitrogen functional groups attached to an aromatic ring is 1. The summed E-state index contributed by atoms with van der Waals surface area (Å²) in [5.74, 6) is 7.10. The topological polar surface area (TPSA) is 180 Å². The van der Waals surface area contributed by atoms with Crippen molar-refractivity contribution in [2.24, 2.45) is 0 Å². The molecule has 0 saturated carbocycles. The molecule has 3 aromatic heterocycles. The van der Waals surface area contributed by atoms with E-state index < -0.39 is 29.7 Å². The van der Waals surface area contributed by atoms with Gasteiger partial charge in [0.05, 0.1) is 81.3 Å². The number of ether oxygens (including phenoxy) is 6. The van der Waals surface area contributed by atoms with Crippen LogP contribution in [0.25, 0.3) is 33.2 Å². The zero-order valence-electron chi connectivity index (χ0n) is 34.5. The van der Waals surface area contributed by atoms with Crippen LogP contribution in [-0.2, 0) is 47.7 Å². The molecular formula is C44H45F4N7O8. The summed E-state index contributed by atoms with van der Waals surface area (Å²) in [6.07, 6.45) is 1.44. The van der Waals surface area contributed by atoms with Crippen molar-refractivity contribution in [3.63, 3.8) is 0 Å². The third kappa shape index (κ3) is 13.3. The van der Waals surface area contributed by atoms with E-state index >= 15 is 0 Å². The molecule has 0 aliphatic carbocycles. The number of nitrogens with zero attached hydrogens (tertiary/aromatic N) is 6. The fourth-order valence-corrected chi connectivity index (χ4v) is 6.10. The van der Waals surface area contributed by atoms with Gasteiger partial charge in [-0.3, -0.25) is 9.36 Å². The average Bonchev–Trinajstić information content (AvgIpc) is 3.63. The predicted octanol–water partition coefficient (Wildman–Crippen LogP) is 5.08. The lowest BCUT2D eigenvalue weighted by Crippen LogP contribution is -2.29. The van der Waals surface area contributed by atoms with Crippen LogP contribution in [0.2, 0.25) is 0 Å². The largest absolute Gasteiger partial charge is 0.508 e. The van der Waals surface area contributed by atoms with Gasteiger partial charge < -0.3 is 39.3 Å². The number of alkyl halides is 3. The Balaban J connectivity index is 0.000000600. The van der Waals surface area contributed by atoms with Crippen LogP contribution in [-0.4, -0.2) is 115 Å². The highest BCUT2D eigenvalue weighted by Crippen LogP contribution is 2.34. The third-order valence-corrected chi connectivity index (χ3v) is 8.91. The minimum Gasteiger partial charge on any atom is -0.508 e. The van der Waals surface area contributed by atoms with E-state index in [9.17, 15) is 27.5 Å². The van der Waals surface area contributed by atoms with Gasteiger partial charge >= 0.3 is 6.18 Å². The Morgan fingerprint density at radius 2 is 1.51 bits per heavy atom. The Morgan fingerprint density at radius 1 is 0.825 bits per heavy atom. The number of anilines is 1. The summed E-state index contributed by atoms with van der Waals surface area (Å²) in [5.41, 5.74) is 5.48. The molecule has 6 aromatic rings. The highest BCUT2D eigenvalue weighted by Gasteiger charge is 2.33. The van der Waals surface area contributed by atoms with Gasteiger partial charge in [0.25, 0.3) is 5.56 Å². The Kier molecular flexibility index (Phi) is 17.9. The maximum Gasteiger partial charge on any atom is 0.416 e. The van der Waals surface area contributed by atoms with Gasteiger partial charge in [0.15, 0.2) is 5.65 Å². The number of benzene rings is 3. The third-order valence-electron chi connectivity index (χ3n) is 8.91. The molecule has 63 heavy (non-hydrogen) atoms. The van der Waals surface area contributed by atoms with Crippen LogP contribution in [0.15, 0.2) is 71.8 Å². The monoisotopic (exact) mass is 875 g/mol. The quantitative estimate of drug-likeness (QED) is 0.0626. The number of methoxy groups -OCH3 is 2. The van der Waals surface area contributed by atoms with Crippen LogP contribution in [0.5, 0.6) is 5.75 Å². The van der Waals surface area contributed by atoms with Crippen molar-refractivity contribution < 1.29 is 51.1 Å². The average molecular weight is 876 g/mol. The van der Waals surface area contributed by atoms with Crippen LogP contribution in [0.3, 0.4) is 0 Å². The van der Waals surface area contributed by atoms with E-state index in [0.717, 1.165) is 22.8 Å². The van der Waals surface area contributed by atoms with Gasteiger partial charge in [-0.15, -0.1) is 6.42 Å². The number of hydrogen-bond acceptors (Lipinski definition) is 13. The number of terminal acetylenes is 1. The van der Waals surface area contributed by atoms with Crippen LogP contribution in [0.1, 0.15) is 22.5 Å². The zero-order valence-corrected chi connectivity index (χ0v) is 34.5. The van der Waals surface area contributed by atoms with Crippen molar-refractivity contribution in [1.29, 1.82) is 0 Å². The number of halogens is 4. The lowest BCUT2D eigenvalue weighted by Gasteiger charge is -2.17. The Labute approximate surface area is 359 Å². The van der Waals surface area contributed by atoms with Crippen LogP contribution in [0.4, 0.5) is 23.4 Å². The number of rotatable bonds is 19. The lowest BCUT2D eigenvalue weighted by atomic mass is 10.1. The van der Waals surface area contributed by atoms with Gasteiger partial charge in [-0.05, 0) is 35.9 Å². The van der Waals surface area contributed by atoms with E-state index in [4.69, 9.17) is 45.6 Å². The molecule has 0 fully saturated rings. The van der Waals surface area contributed by atoms with Crippen LogP contribution in [0, 0.1) is 30.0 Å². The van der Waals surface area contributed by atoms with E-state index in [2.05, 4.69) is 32.8 Å². The second kappa shape index (κ2) is 23.7. The van der Waals surface area contributed by atoms with Gasteiger partial charge in [0.2, 0.25) is 0 Å². The van der Waals surface area contributed by atoms with Crippen molar-refractivity contribution in [3.8, 4) is 41.2 Å². The first-order valence-corrected chi connectivity index (χ1v) is 19.3. The summed E-state index contributed by atoms with van der Waals surface area (Å²) in [6, 6.07) is 13.1. The molecule has 15 nitrogen and oxygen atoms in total. The highest BCUT2D eigenvalue weighted by molar-refractivity contribution is 5.98. The van der Waals surface area contributed by atoms with Crippen molar-refractivity contribution in [2.45, 2.75) is 19.3 Å². The Hall–Kier alpha value is -6.45. The van der Waals surface area contributed by atoms with Crippen LogP contribution >= 0.6 is 0 Å². The summed E-state index contributed by atoms with van der Waals surface area (Å²) >= 11 is 0. The lowest BCUT2D eigenvalue weighted by molar-refractivity contribution is -0.138. The Bertz CT molecular complexity index is 2600. The first-order valence-electron chi connectivity index (χ1n) is 19.3. The first kappa shape index (κ1) is 47.6. The van der Waals surface area contributed by atoms with E-state index in [1.54, 1.807) is 32.4 Å². The van der Waals surface area contributed by atoms with Gasteiger partial charge in [0, 0.05) is 31.4 Å². The molecule has 0 atom stereocenters. The molecule has 19 heteroatoms. The maximum atomic E-state index is 14.4. The summed E-state index contributed by atoms with van der Waals surface area (Å²) in [5, 5.41) is 15.0. The molecule has 0 bridgehead atoms. The summed E-state index contributed by atoms with van der Waals surface area (Å²) in [6.45, 7) is 3.47. The van der Waals surface area contributed by atoms with Crippen molar-refractivity contribution in [1.82, 2.24) is 29.3 Å². The van der Waals surface area contributed by atoms with Crippen LogP contribution < -0.4 is 11.3 Å². The minimum atomic E-state index is -4.70. The molecule has 0 unspecified atom stereocenters. The Morgan fingerprint density at radius 3 is 2.19 bits per heavy atom. The number of aromatic hydroxyl groups is 1. The highest BCUT2D eigenvalue weighted by atomic mass is 19.4. The SMILES string of the molecule is C#CCOCCOCCOC.COCCOCCOCC#Cc1cccc2nc(Cn3nc(-c4cc(O)cc(F)c4)c4c(N)ncnc43)n(Cc3ccccc3C(F)(F)F)c(=O)c12. The van der Waals surface area contributed by atoms with Crippen molar-refractivity contribution in [2.75, 3.05) is 86.0 Å². The van der Waals surface area contributed by atoms with Gasteiger partial charge in [-0.25, -0.2) is 24.0 Å². The molecule has 0 saturated heterocycles. The van der Waals surface area contributed by atoms with E-state index in [1.807, 2.05) is 0 Å². The number of fused-ring (bicyclic) bond motifs is 2. The standard InChI is InChI=1S/C36H31F4N7O5.C8H14O3/c1-50-12-13-52-15-14-51-11-5-8-22-7-4-10-28-30(22)35(49)46(19-23-6-2-3-9-27(23)36(38,39)40)29(44-28)20-47-34-31(33(41)42-21-43-34)32(45-47)24-16-25(37)18-26(48)17-24;1-3-4-10-7-8-11-6-5-9-2/h2-4,6-7,9-10,16-18,21,48H,11-15,19-20H2,1H3,(H2,41,42,43);1H,4-8H2,2H3. The fourth-order valence-electron chi connectivity index (χ4n) is 6.10. The van der Waals surface area contributed by atoms with Gasteiger partial charge in [-0.1, -0.05) is 42.0 Å². The van der Waals surface area contributed by atoms with Crippen molar-refractivity contribution in [3.05, 3.63) is 106 Å². The molecule has 0 spiro atoms. The summed E-state index contributed by atoms with van der Waals surface area (Å²) < 4.78 is 89.8. The zero-order chi connectivity index (χ0) is 45.2. The van der Waals surface area contributed by atoms with Gasteiger partial charge in [0.1, 0.15) is 55.0 Å². The number of aromatic nitrogens is 6. The van der Waals surface area contributed by atoms with E-state index in [0.29, 0.717) is 58.4 Å². The van der Waals surface area contributed by atoms with Crippen molar-refractivity contribution >= 4 is 27.8 Å². The second-order valence-corrected chi connectivity index (χ2v) is 13.3. The molecule has 6 rings (SSSR count). The molecular weight excluding hydrogens is 831 g/mol. The molecule has 3 aromatic carbocycles.